The van der Waals surface area contributed by atoms with E-state index < -0.39 is 0 Å². The molecule has 0 bridgehead atoms. The molecule has 1 fully saturated rings. The van der Waals surface area contributed by atoms with Crippen molar-refractivity contribution in [2.75, 3.05) is 6.54 Å². The Morgan fingerprint density at radius 3 is 2.79 bits per heavy atom. The molecule has 1 unspecified atom stereocenters. The summed E-state index contributed by atoms with van der Waals surface area (Å²) < 4.78 is 1.25. The van der Waals surface area contributed by atoms with Crippen LogP contribution in [-0.2, 0) is 13.1 Å². The Kier molecular flexibility index (Phi) is 5.43. The number of likely N-dealkylation sites (tertiary alicyclic amines) is 1. The minimum absolute atomic E-state index is 0.531. The van der Waals surface area contributed by atoms with Gasteiger partial charge in [-0.3, -0.25) is 4.90 Å². The van der Waals surface area contributed by atoms with Crippen LogP contribution in [0.5, 0.6) is 0 Å². The molecular formula is C16H25BrN2. The first-order chi connectivity index (χ1) is 9.06. The lowest BCUT2D eigenvalue weighted by Gasteiger charge is -2.22. The van der Waals surface area contributed by atoms with Gasteiger partial charge in [-0.05, 0) is 43.5 Å². The van der Waals surface area contributed by atoms with Crippen molar-refractivity contribution in [2.45, 2.75) is 58.8 Å². The zero-order valence-corrected chi connectivity index (χ0v) is 13.8. The maximum atomic E-state index is 3.73. The van der Waals surface area contributed by atoms with E-state index in [2.05, 4.69) is 65.1 Å². The van der Waals surface area contributed by atoms with E-state index in [-0.39, 0.29) is 0 Å². The maximum Gasteiger partial charge on any atom is 0.0247 e. The molecule has 0 saturated carbocycles. The molecule has 1 aliphatic rings. The Labute approximate surface area is 125 Å². The first-order valence-electron chi connectivity index (χ1n) is 7.31. The molecule has 1 heterocycles. The lowest BCUT2D eigenvalue weighted by atomic mass is 10.1. The zero-order valence-electron chi connectivity index (χ0n) is 12.2. The molecule has 0 amide bonds. The first kappa shape index (κ1) is 15.0. The van der Waals surface area contributed by atoms with E-state index in [9.17, 15) is 0 Å². The van der Waals surface area contributed by atoms with Crippen LogP contribution >= 0.6 is 15.9 Å². The molecule has 1 atom stereocenters. The van der Waals surface area contributed by atoms with Gasteiger partial charge in [0.05, 0.1) is 0 Å². The van der Waals surface area contributed by atoms with Crippen LogP contribution in [0.1, 0.15) is 44.7 Å². The molecule has 0 aromatic heterocycles. The average Bonchev–Trinajstić information content (AvgIpc) is 2.75. The molecule has 0 radical (unpaired) electrons. The molecule has 3 heteroatoms. The highest BCUT2D eigenvalue weighted by atomic mass is 79.9. The van der Waals surface area contributed by atoms with Gasteiger partial charge >= 0.3 is 0 Å². The Hall–Kier alpha value is -0.380. The van der Waals surface area contributed by atoms with Crippen LogP contribution in [-0.4, -0.2) is 23.5 Å². The van der Waals surface area contributed by atoms with Crippen molar-refractivity contribution in [1.82, 2.24) is 10.2 Å². The Balaban J connectivity index is 1.98. The van der Waals surface area contributed by atoms with Gasteiger partial charge in [0.2, 0.25) is 0 Å². The third-order valence-electron chi connectivity index (χ3n) is 3.90. The fourth-order valence-corrected chi connectivity index (χ4v) is 3.15. The lowest BCUT2D eigenvalue weighted by Crippen LogP contribution is -2.26. The van der Waals surface area contributed by atoms with Gasteiger partial charge in [0.1, 0.15) is 0 Å². The second-order valence-electron chi connectivity index (χ2n) is 5.92. The number of halogens is 1. The standard InChI is InChI=1S/C16H25BrN2/c1-12(2)18-10-14-6-7-15(16(17)9-14)11-19-8-4-5-13(19)3/h6-7,9,12-13,18H,4-5,8,10-11H2,1-3H3. The maximum absolute atomic E-state index is 3.73. The van der Waals surface area contributed by atoms with E-state index >= 15 is 0 Å². The summed E-state index contributed by atoms with van der Waals surface area (Å²) in [6.45, 7) is 9.94. The Morgan fingerprint density at radius 1 is 1.42 bits per heavy atom. The summed E-state index contributed by atoms with van der Waals surface area (Å²) in [5.74, 6) is 0. The molecule has 106 valence electrons. The molecule has 1 N–H and O–H groups in total. The third kappa shape index (κ3) is 4.30. The van der Waals surface area contributed by atoms with E-state index in [1.807, 2.05) is 0 Å². The molecule has 1 aromatic rings. The second kappa shape index (κ2) is 6.87. The van der Waals surface area contributed by atoms with Gasteiger partial charge in [-0.1, -0.05) is 41.9 Å². The minimum atomic E-state index is 0.531. The predicted molar refractivity (Wildman–Crippen MR) is 85.2 cm³/mol. The van der Waals surface area contributed by atoms with Gasteiger partial charge in [-0.25, -0.2) is 0 Å². The van der Waals surface area contributed by atoms with E-state index in [0.29, 0.717) is 6.04 Å². The van der Waals surface area contributed by atoms with Crippen molar-refractivity contribution >= 4 is 15.9 Å². The number of rotatable bonds is 5. The number of nitrogens with zero attached hydrogens (tertiary/aromatic N) is 1. The van der Waals surface area contributed by atoms with Crippen LogP contribution in [0.4, 0.5) is 0 Å². The SMILES string of the molecule is CC(C)NCc1ccc(CN2CCCC2C)c(Br)c1. The number of hydrogen-bond donors (Lipinski definition) is 1. The summed E-state index contributed by atoms with van der Waals surface area (Å²) in [4.78, 5) is 2.58. The molecule has 1 aromatic carbocycles. The van der Waals surface area contributed by atoms with E-state index in [0.717, 1.165) is 19.1 Å². The molecule has 1 aliphatic heterocycles. The molecule has 2 nitrogen and oxygen atoms in total. The van der Waals surface area contributed by atoms with Crippen LogP contribution < -0.4 is 5.32 Å². The van der Waals surface area contributed by atoms with Gasteiger partial charge < -0.3 is 5.32 Å². The summed E-state index contributed by atoms with van der Waals surface area (Å²) in [6, 6.07) is 8.03. The molecular weight excluding hydrogens is 300 g/mol. The van der Waals surface area contributed by atoms with Gasteiger partial charge in [0, 0.05) is 29.6 Å². The minimum Gasteiger partial charge on any atom is -0.310 e. The normalized spacial score (nSPS) is 20.4. The molecule has 0 spiro atoms. The molecule has 19 heavy (non-hydrogen) atoms. The number of benzene rings is 1. The third-order valence-corrected chi connectivity index (χ3v) is 4.63. The fourth-order valence-electron chi connectivity index (χ4n) is 2.60. The highest BCUT2D eigenvalue weighted by Crippen LogP contribution is 2.24. The van der Waals surface area contributed by atoms with E-state index in [1.54, 1.807) is 0 Å². The molecule has 0 aliphatic carbocycles. The van der Waals surface area contributed by atoms with Crippen LogP contribution in [0.3, 0.4) is 0 Å². The van der Waals surface area contributed by atoms with Crippen LogP contribution in [0.2, 0.25) is 0 Å². The van der Waals surface area contributed by atoms with Crippen LogP contribution in [0, 0.1) is 0 Å². The quantitative estimate of drug-likeness (QED) is 0.882. The largest absolute Gasteiger partial charge is 0.310 e. The highest BCUT2D eigenvalue weighted by Gasteiger charge is 2.20. The van der Waals surface area contributed by atoms with Crippen molar-refractivity contribution in [3.05, 3.63) is 33.8 Å². The van der Waals surface area contributed by atoms with Gasteiger partial charge in [0.25, 0.3) is 0 Å². The smallest absolute Gasteiger partial charge is 0.0247 e. The topological polar surface area (TPSA) is 15.3 Å². The van der Waals surface area contributed by atoms with Crippen molar-refractivity contribution in [3.8, 4) is 0 Å². The first-order valence-corrected chi connectivity index (χ1v) is 8.10. The van der Waals surface area contributed by atoms with Crippen LogP contribution in [0.25, 0.3) is 0 Å². The fraction of sp³-hybridized carbons (Fsp3) is 0.625. The predicted octanol–water partition coefficient (Wildman–Crippen LogP) is 3.93. The van der Waals surface area contributed by atoms with Crippen molar-refractivity contribution in [2.24, 2.45) is 0 Å². The average molecular weight is 325 g/mol. The zero-order chi connectivity index (χ0) is 13.8. The summed E-state index contributed by atoms with van der Waals surface area (Å²) in [5.41, 5.74) is 2.75. The van der Waals surface area contributed by atoms with Gasteiger partial charge in [0.15, 0.2) is 0 Å². The monoisotopic (exact) mass is 324 g/mol. The van der Waals surface area contributed by atoms with Gasteiger partial charge in [-0.2, -0.15) is 0 Å². The second-order valence-corrected chi connectivity index (χ2v) is 6.78. The number of hydrogen-bond acceptors (Lipinski definition) is 2. The molecule has 1 saturated heterocycles. The summed E-state index contributed by atoms with van der Waals surface area (Å²) in [5, 5.41) is 3.46. The van der Waals surface area contributed by atoms with Gasteiger partial charge in [-0.15, -0.1) is 0 Å². The van der Waals surface area contributed by atoms with Crippen LogP contribution in [0.15, 0.2) is 22.7 Å². The highest BCUT2D eigenvalue weighted by molar-refractivity contribution is 9.10. The summed E-state index contributed by atoms with van der Waals surface area (Å²) >= 11 is 3.73. The Morgan fingerprint density at radius 2 is 2.21 bits per heavy atom. The lowest BCUT2D eigenvalue weighted by molar-refractivity contribution is 0.260. The summed E-state index contributed by atoms with van der Waals surface area (Å²) in [6.07, 6.45) is 2.68. The molecule has 2 rings (SSSR count). The van der Waals surface area contributed by atoms with Crippen molar-refractivity contribution in [1.29, 1.82) is 0 Å². The Bertz CT molecular complexity index is 417. The van der Waals surface area contributed by atoms with E-state index in [4.69, 9.17) is 0 Å². The number of nitrogens with one attached hydrogen (secondary N) is 1. The summed E-state index contributed by atoms with van der Waals surface area (Å²) in [7, 11) is 0. The van der Waals surface area contributed by atoms with Crippen molar-refractivity contribution < 1.29 is 0 Å². The van der Waals surface area contributed by atoms with Crippen molar-refractivity contribution in [3.63, 3.8) is 0 Å². The van der Waals surface area contributed by atoms with E-state index in [1.165, 1.54) is 35.0 Å².